The molecule has 0 aliphatic carbocycles. The van der Waals surface area contributed by atoms with E-state index in [0.29, 0.717) is 5.92 Å². The zero-order valence-corrected chi connectivity index (χ0v) is 15.3. The predicted octanol–water partition coefficient (Wildman–Crippen LogP) is 5.33. The molecule has 0 aliphatic heterocycles. The lowest BCUT2D eigenvalue weighted by Gasteiger charge is -2.22. The summed E-state index contributed by atoms with van der Waals surface area (Å²) in [6.07, 6.45) is 5.18. The Morgan fingerprint density at radius 2 is 2.05 bits per heavy atom. The molecule has 0 saturated carbocycles. The molecule has 1 aromatic rings. The van der Waals surface area contributed by atoms with E-state index in [-0.39, 0.29) is 6.10 Å². The largest absolute Gasteiger partial charge is 0.372 e. The summed E-state index contributed by atoms with van der Waals surface area (Å²) in [5, 5.41) is 3.41. The number of rotatable bonds is 11. The molecule has 1 rings (SSSR count). The monoisotopic (exact) mass is 355 g/mol. The fourth-order valence-corrected chi connectivity index (χ4v) is 2.82. The Morgan fingerprint density at radius 3 is 2.67 bits per heavy atom. The van der Waals surface area contributed by atoms with Gasteiger partial charge >= 0.3 is 0 Å². The normalized spacial score (nSPS) is 14.1. The van der Waals surface area contributed by atoms with Gasteiger partial charge in [-0.25, -0.2) is 0 Å². The highest BCUT2D eigenvalue weighted by atomic mass is 79.9. The van der Waals surface area contributed by atoms with Crippen LogP contribution in [0.1, 0.15) is 58.1 Å². The zero-order chi connectivity index (χ0) is 15.5. The number of hydrogen-bond donors (Lipinski definition) is 1. The number of nitrogens with one attached hydrogen (secondary N) is 1. The molecule has 21 heavy (non-hydrogen) atoms. The van der Waals surface area contributed by atoms with Crippen LogP contribution in [0.5, 0.6) is 0 Å². The van der Waals surface area contributed by atoms with Crippen molar-refractivity contribution in [3.63, 3.8) is 0 Å². The van der Waals surface area contributed by atoms with Gasteiger partial charge in [-0.3, -0.25) is 0 Å². The number of unbranched alkanes of at least 4 members (excludes halogenated alkanes) is 1. The molecule has 2 atom stereocenters. The first kappa shape index (κ1) is 18.7. The minimum Gasteiger partial charge on any atom is -0.372 e. The van der Waals surface area contributed by atoms with Gasteiger partial charge in [-0.15, -0.1) is 0 Å². The molecule has 120 valence electrons. The summed E-state index contributed by atoms with van der Waals surface area (Å²) in [4.78, 5) is 0. The van der Waals surface area contributed by atoms with E-state index >= 15 is 0 Å². The van der Waals surface area contributed by atoms with Gasteiger partial charge < -0.3 is 10.1 Å². The van der Waals surface area contributed by atoms with Crippen molar-refractivity contribution in [2.24, 2.45) is 5.92 Å². The third-order valence-corrected chi connectivity index (χ3v) is 4.37. The molecule has 0 heterocycles. The molecule has 2 unspecified atom stereocenters. The molecular weight excluding hydrogens is 326 g/mol. The fourth-order valence-electron chi connectivity index (χ4n) is 2.41. The van der Waals surface area contributed by atoms with Crippen molar-refractivity contribution in [3.05, 3.63) is 34.3 Å². The van der Waals surface area contributed by atoms with Crippen molar-refractivity contribution in [1.29, 1.82) is 0 Å². The van der Waals surface area contributed by atoms with Crippen molar-refractivity contribution >= 4 is 15.9 Å². The maximum atomic E-state index is 6.25. The Balaban J connectivity index is 2.60. The highest BCUT2D eigenvalue weighted by molar-refractivity contribution is 9.10. The van der Waals surface area contributed by atoms with Crippen LogP contribution in [-0.2, 0) is 4.74 Å². The number of ether oxygens (including phenoxy) is 1. The summed E-state index contributed by atoms with van der Waals surface area (Å²) < 4.78 is 7.37. The summed E-state index contributed by atoms with van der Waals surface area (Å²) in [5.74, 6) is 0.682. The maximum absolute atomic E-state index is 6.25. The van der Waals surface area contributed by atoms with Gasteiger partial charge in [-0.2, -0.15) is 0 Å². The molecule has 0 aromatic heterocycles. The van der Waals surface area contributed by atoms with E-state index in [9.17, 15) is 0 Å². The van der Waals surface area contributed by atoms with Gasteiger partial charge in [0.2, 0.25) is 0 Å². The molecule has 0 fully saturated rings. The molecule has 1 aromatic carbocycles. The van der Waals surface area contributed by atoms with Gasteiger partial charge in [-0.1, -0.05) is 68.1 Å². The van der Waals surface area contributed by atoms with Crippen LogP contribution in [0.15, 0.2) is 28.7 Å². The van der Waals surface area contributed by atoms with Gasteiger partial charge in [0.15, 0.2) is 0 Å². The van der Waals surface area contributed by atoms with Gasteiger partial charge in [0, 0.05) is 11.0 Å². The first-order chi connectivity index (χ1) is 10.2. The van der Waals surface area contributed by atoms with E-state index in [1.54, 1.807) is 0 Å². The molecule has 0 aliphatic rings. The Hall–Kier alpha value is -0.380. The molecule has 1 N–H and O–H groups in total. The minimum atomic E-state index is 0.137. The third kappa shape index (κ3) is 7.44. The number of benzene rings is 1. The quantitative estimate of drug-likeness (QED) is 0.578. The van der Waals surface area contributed by atoms with E-state index in [2.05, 4.69) is 66.3 Å². The Bertz CT molecular complexity index is 383. The standard InChI is InChI=1S/C18H30BrNO/c1-4-7-9-15(5-2)14-21-18(13-20-6-3)16-10-8-11-17(19)12-16/h8,10-12,15,18,20H,4-7,9,13-14H2,1-3H3. The van der Waals surface area contributed by atoms with Crippen LogP contribution in [0.2, 0.25) is 0 Å². The molecule has 0 bridgehead atoms. The van der Waals surface area contributed by atoms with Gasteiger partial charge in [0.1, 0.15) is 0 Å². The summed E-state index contributed by atoms with van der Waals surface area (Å²) in [5.41, 5.74) is 1.25. The lowest BCUT2D eigenvalue weighted by atomic mass is 10.0. The van der Waals surface area contributed by atoms with Crippen LogP contribution in [0.3, 0.4) is 0 Å². The average Bonchev–Trinajstić information content (AvgIpc) is 2.50. The summed E-state index contributed by atoms with van der Waals surface area (Å²) >= 11 is 3.55. The second-order valence-electron chi connectivity index (χ2n) is 5.60. The summed E-state index contributed by atoms with van der Waals surface area (Å²) in [6, 6.07) is 8.45. The topological polar surface area (TPSA) is 21.3 Å². The molecule has 0 amide bonds. The number of halogens is 1. The van der Waals surface area contributed by atoms with Crippen molar-refractivity contribution in [3.8, 4) is 0 Å². The first-order valence-corrected chi connectivity index (χ1v) is 9.08. The lowest BCUT2D eigenvalue weighted by Crippen LogP contribution is -2.25. The van der Waals surface area contributed by atoms with Crippen LogP contribution in [0.4, 0.5) is 0 Å². The van der Waals surface area contributed by atoms with Crippen molar-refractivity contribution in [2.45, 2.75) is 52.6 Å². The molecule has 2 nitrogen and oxygen atoms in total. The summed E-state index contributed by atoms with van der Waals surface area (Å²) in [7, 11) is 0. The molecule has 3 heteroatoms. The average molecular weight is 356 g/mol. The van der Waals surface area contributed by atoms with Gasteiger partial charge in [0.05, 0.1) is 12.7 Å². The SMILES string of the molecule is CCCCC(CC)COC(CNCC)c1cccc(Br)c1. The second-order valence-corrected chi connectivity index (χ2v) is 6.52. The first-order valence-electron chi connectivity index (χ1n) is 8.28. The number of likely N-dealkylation sites (N-methyl/N-ethyl adjacent to an activating group) is 1. The van der Waals surface area contributed by atoms with Crippen molar-refractivity contribution in [2.75, 3.05) is 19.7 Å². The van der Waals surface area contributed by atoms with Gasteiger partial charge in [-0.05, 0) is 36.6 Å². The van der Waals surface area contributed by atoms with Crippen molar-refractivity contribution < 1.29 is 4.74 Å². The van der Waals surface area contributed by atoms with E-state index < -0.39 is 0 Å². The zero-order valence-electron chi connectivity index (χ0n) is 13.7. The van der Waals surface area contributed by atoms with E-state index in [0.717, 1.165) is 24.2 Å². The predicted molar refractivity (Wildman–Crippen MR) is 94.7 cm³/mol. The lowest BCUT2D eigenvalue weighted by molar-refractivity contribution is 0.0252. The van der Waals surface area contributed by atoms with Crippen LogP contribution in [-0.4, -0.2) is 19.7 Å². The van der Waals surface area contributed by atoms with Crippen LogP contribution in [0, 0.1) is 5.92 Å². The van der Waals surface area contributed by atoms with Crippen LogP contribution >= 0.6 is 15.9 Å². The molecular formula is C18H30BrNO. The molecule has 0 saturated heterocycles. The summed E-state index contributed by atoms with van der Waals surface area (Å²) in [6.45, 7) is 9.36. The van der Waals surface area contributed by atoms with E-state index in [4.69, 9.17) is 4.74 Å². The number of hydrogen-bond acceptors (Lipinski definition) is 2. The smallest absolute Gasteiger partial charge is 0.0949 e. The molecule has 0 spiro atoms. The third-order valence-electron chi connectivity index (χ3n) is 3.88. The fraction of sp³-hybridized carbons (Fsp3) is 0.667. The maximum Gasteiger partial charge on any atom is 0.0949 e. The molecule has 0 radical (unpaired) electrons. The highest BCUT2D eigenvalue weighted by Gasteiger charge is 2.15. The second kappa shape index (κ2) is 11.2. The van der Waals surface area contributed by atoms with Crippen LogP contribution in [0.25, 0.3) is 0 Å². The van der Waals surface area contributed by atoms with Gasteiger partial charge in [0.25, 0.3) is 0 Å². The van der Waals surface area contributed by atoms with Crippen LogP contribution < -0.4 is 5.32 Å². The Kier molecular flexibility index (Phi) is 9.98. The van der Waals surface area contributed by atoms with E-state index in [1.165, 1.54) is 31.2 Å². The Morgan fingerprint density at radius 1 is 1.24 bits per heavy atom. The highest BCUT2D eigenvalue weighted by Crippen LogP contribution is 2.23. The minimum absolute atomic E-state index is 0.137. The van der Waals surface area contributed by atoms with Crippen molar-refractivity contribution in [1.82, 2.24) is 5.32 Å². The van der Waals surface area contributed by atoms with E-state index in [1.807, 2.05) is 0 Å². The Labute approximate surface area is 138 Å².